The minimum absolute atomic E-state index is 0.395. The third kappa shape index (κ3) is 6.42. The molecule has 0 aliphatic heterocycles. The van der Waals surface area contributed by atoms with Gasteiger partial charge in [0.1, 0.15) is 5.75 Å². The molecule has 2 atom stereocenters. The summed E-state index contributed by atoms with van der Waals surface area (Å²) in [6.07, 6.45) is 6.26. The van der Waals surface area contributed by atoms with Crippen LogP contribution in [0.4, 0.5) is 0 Å². The van der Waals surface area contributed by atoms with Gasteiger partial charge in [0, 0.05) is 12.1 Å². The van der Waals surface area contributed by atoms with Gasteiger partial charge in [-0.05, 0) is 44.4 Å². The van der Waals surface area contributed by atoms with Crippen molar-refractivity contribution in [2.45, 2.75) is 71.9 Å². The van der Waals surface area contributed by atoms with E-state index in [-0.39, 0.29) is 0 Å². The van der Waals surface area contributed by atoms with E-state index in [1.165, 1.54) is 31.2 Å². The van der Waals surface area contributed by atoms with Gasteiger partial charge in [0.15, 0.2) is 0 Å². The maximum absolute atomic E-state index is 5.62. The summed E-state index contributed by atoms with van der Waals surface area (Å²) in [6.45, 7) is 9.69. The van der Waals surface area contributed by atoms with Crippen molar-refractivity contribution in [1.82, 2.24) is 5.32 Å². The van der Waals surface area contributed by atoms with Crippen LogP contribution < -0.4 is 10.1 Å². The largest absolute Gasteiger partial charge is 0.494 e. The molecule has 0 heterocycles. The average Bonchev–Trinajstić information content (AvgIpc) is 2.46. The predicted octanol–water partition coefficient (Wildman–Crippen LogP) is 5.09. The standard InChI is InChI=1S/C18H31NO/c1-5-7-8-9-15(3)19-16(4)17-10-12-18(13-11-17)20-14-6-2/h10-13,15-16,19H,5-9,14H2,1-4H3. The zero-order valence-electron chi connectivity index (χ0n) is 13.6. The van der Waals surface area contributed by atoms with Crippen LogP contribution in [0.15, 0.2) is 24.3 Å². The SMILES string of the molecule is CCCCCC(C)NC(C)c1ccc(OCCC)cc1. The molecule has 1 N–H and O–H groups in total. The highest BCUT2D eigenvalue weighted by molar-refractivity contribution is 5.29. The second-order valence-electron chi connectivity index (χ2n) is 5.70. The lowest BCUT2D eigenvalue weighted by atomic mass is 10.1. The zero-order valence-corrected chi connectivity index (χ0v) is 13.6. The Labute approximate surface area is 124 Å². The molecule has 0 aromatic heterocycles. The third-order valence-corrected chi connectivity index (χ3v) is 3.63. The van der Waals surface area contributed by atoms with Crippen LogP contribution in [0.5, 0.6) is 5.75 Å². The van der Waals surface area contributed by atoms with Crippen molar-refractivity contribution in [2.75, 3.05) is 6.61 Å². The van der Waals surface area contributed by atoms with Gasteiger partial charge in [0.05, 0.1) is 6.61 Å². The number of nitrogens with one attached hydrogen (secondary N) is 1. The number of hydrogen-bond acceptors (Lipinski definition) is 2. The Hall–Kier alpha value is -1.02. The van der Waals surface area contributed by atoms with E-state index in [1.54, 1.807) is 0 Å². The zero-order chi connectivity index (χ0) is 14.8. The lowest BCUT2D eigenvalue weighted by Gasteiger charge is -2.20. The van der Waals surface area contributed by atoms with Crippen LogP contribution in [-0.4, -0.2) is 12.6 Å². The Balaban J connectivity index is 2.40. The van der Waals surface area contributed by atoms with Gasteiger partial charge in [0.2, 0.25) is 0 Å². The molecule has 20 heavy (non-hydrogen) atoms. The molecular formula is C18H31NO. The quantitative estimate of drug-likeness (QED) is 0.601. The first kappa shape index (κ1) is 17.0. The Morgan fingerprint density at radius 1 is 1.00 bits per heavy atom. The monoisotopic (exact) mass is 277 g/mol. The molecule has 0 radical (unpaired) electrons. The maximum atomic E-state index is 5.62. The summed E-state index contributed by atoms with van der Waals surface area (Å²) in [7, 11) is 0. The highest BCUT2D eigenvalue weighted by atomic mass is 16.5. The van der Waals surface area contributed by atoms with Crippen molar-refractivity contribution in [3.63, 3.8) is 0 Å². The minimum Gasteiger partial charge on any atom is -0.494 e. The van der Waals surface area contributed by atoms with Gasteiger partial charge in [-0.2, -0.15) is 0 Å². The summed E-state index contributed by atoms with van der Waals surface area (Å²) < 4.78 is 5.62. The summed E-state index contributed by atoms with van der Waals surface area (Å²) in [5, 5.41) is 3.68. The van der Waals surface area contributed by atoms with Crippen molar-refractivity contribution in [2.24, 2.45) is 0 Å². The number of unbranched alkanes of at least 4 members (excludes halogenated alkanes) is 2. The van der Waals surface area contributed by atoms with Gasteiger partial charge in [0.25, 0.3) is 0 Å². The van der Waals surface area contributed by atoms with Crippen molar-refractivity contribution in [3.05, 3.63) is 29.8 Å². The van der Waals surface area contributed by atoms with E-state index in [0.717, 1.165) is 18.8 Å². The van der Waals surface area contributed by atoms with Crippen molar-refractivity contribution >= 4 is 0 Å². The lowest BCUT2D eigenvalue weighted by Crippen LogP contribution is -2.28. The van der Waals surface area contributed by atoms with E-state index in [2.05, 4.69) is 57.3 Å². The Bertz CT molecular complexity index is 347. The molecule has 0 aliphatic rings. The number of ether oxygens (including phenoxy) is 1. The van der Waals surface area contributed by atoms with Crippen LogP contribution in [0, 0.1) is 0 Å². The Morgan fingerprint density at radius 2 is 1.70 bits per heavy atom. The highest BCUT2D eigenvalue weighted by Gasteiger charge is 2.09. The molecule has 0 fully saturated rings. The molecule has 0 bridgehead atoms. The predicted molar refractivity (Wildman–Crippen MR) is 87.4 cm³/mol. The fourth-order valence-electron chi connectivity index (χ4n) is 2.38. The van der Waals surface area contributed by atoms with E-state index in [1.807, 2.05) is 0 Å². The highest BCUT2D eigenvalue weighted by Crippen LogP contribution is 2.19. The van der Waals surface area contributed by atoms with Gasteiger partial charge >= 0.3 is 0 Å². The summed E-state index contributed by atoms with van der Waals surface area (Å²) in [4.78, 5) is 0. The van der Waals surface area contributed by atoms with Crippen molar-refractivity contribution in [3.8, 4) is 5.75 Å². The van der Waals surface area contributed by atoms with Crippen LogP contribution in [0.2, 0.25) is 0 Å². The average molecular weight is 277 g/mol. The summed E-state index contributed by atoms with van der Waals surface area (Å²) in [5.74, 6) is 0.971. The number of hydrogen-bond donors (Lipinski definition) is 1. The lowest BCUT2D eigenvalue weighted by molar-refractivity contribution is 0.317. The van der Waals surface area contributed by atoms with E-state index in [4.69, 9.17) is 4.74 Å². The van der Waals surface area contributed by atoms with Crippen LogP contribution in [-0.2, 0) is 0 Å². The van der Waals surface area contributed by atoms with E-state index in [9.17, 15) is 0 Å². The van der Waals surface area contributed by atoms with Crippen molar-refractivity contribution in [1.29, 1.82) is 0 Å². The normalized spacial score (nSPS) is 14.0. The molecule has 1 aromatic rings. The van der Waals surface area contributed by atoms with Crippen LogP contribution in [0.25, 0.3) is 0 Å². The van der Waals surface area contributed by atoms with Gasteiger partial charge < -0.3 is 10.1 Å². The maximum Gasteiger partial charge on any atom is 0.119 e. The third-order valence-electron chi connectivity index (χ3n) is 3.63. The summed E-state index contributed by atoms with van der Waals surface area (Å²) >= 11 is 0. The molecular weight excluding hydrogens is 246 g/mol. The summed E-state index contributed by atoms with van der Waals surface area (Å²) in [6, 6.07) is 9.46. The van der Waals surface area contributed by atoms with Gasteiger partial charge in [-0.15, -0.1) is 0 Å². The van der Waals surface area contributed by atoms with Crippen molar-refractivity contribution < 1.29 is 4.74 Å². The fraction of sp³-hybridized carbons (Fsp3) is 0.667. The second kappa shape index (κ2) is 9.82. The number of benzene rings is 1. The molecule has 0 saturated heterocycles. The van der Waals surface area contributed by atoms with Gasteiger partial charge in [-0.3, -0.25) is 0 Å². The molecule has 114 valence electrons. The molecule has 2 heteroatoms. The fourth-order valence-corrected chi connectivity index (χ4v) is 2.38. The number of rotatable bonds is 10. The molecule has 0 spiro atoms. The van der Waals surface area contributed by atoms with Crippen LogP contribution in [0.1, 0.15) is 71.4 Å². The smallest absolute Gasteiger partial charge is 0.119 e. The molecule has 0 aliphatic carbocycles. The van der Waals surface area contributed by atoms with Gasteiger partial charge in [-0.1, -0.05) is 45.2 Å². The van der Waals surface area contributed by atoms with Gasteiger partial charge in [-0.25, -0.2) is 0 Å². The molecule has 0 saturated carbocycles. The molecule has 0 amide bonds. The van der Waals surface area contributed by atoms with E-state index in [0.29, 0.717) is 12.1 Å². The van der Waals surface area contributed by atoms with E-state index >= 15 is 0 Å². The molecule has 2 nitrogen and oxygen atoms in total. The summed E-state index contributed by atoms with van der Waals surface area (Å²) in [5.41, 5.74) is 1.33. The molecule has 1 rings (SSSR count). The first-order valence-corrected chi connectivity index (χ1v) is 8.16. The first-order chi connectivity index (χ1) is 9.67. The van der Waals surface area contributed by atoms with Crippen LogP contribution >= 0.6 is 0 Å². The minimum atomic E-state index is 0.395. The molecule has 2 unspecified atom stereocenters. The molecule has 1 aromatic carbocycles. The Morgan fingerprint density at radius 3 is 2.30 bits per heavy atom. The first-order valence-electron chi connectivity index (χ1n) is 8.16. The van der Waals surface area contributed by atoms with Crippen LogP contribution in [0.3, 0.4) is 0 Å². The topological polar surface area (TPSA) is 21.3 Å². The Kier molecular flexibility index (Phi) is 8.36. The second-order valence-corrected chi connectivity index (χ2v) is 5.70. The van der Waals surface area contributed by atoms with E-state index < -0.39 is 0 Å².